The Kier molecular flexibility index (Phi) is 2.12. The first-order chi connectivity index (χ1) is 6.18. The van der Waals surface area contributed by atoms with Crippen LogP contribution in [0.2, 0.25) is 0 Å². The van der Waals surface area contributed by atoms with Gasteiger partial charge in [0.1, 0.15) is 0 Å². The smallest absolute Gasteiger partial charge is 0.0793 e. The van der Waals surface area contributed by atoms with Crippen LogP contribution in [0.4, 0.5) is 0 Å². The summed E-state index contributed by atoms with van der Waals surface area (Å²) in [6.07, 6.45) is 1.79. The number of aliphatic hydroxyl groups excluding tert-OH is 1. The quantitative estimate of drug-likeness (QED) is 0.644. The molecule has 2 atom stereocenters. The van der Waals surface area contributed by atoms with Crippen molar-refractivity contribution < 1.29 is 5.11 Å². The summed E-state index contributed by atoms with van der Waals surface area (Å²) in [5, 5.41) is 9.80. The molecule has 2 rings (SSSR count). The number of benzene rings is 1. The van der Waals surface area contributed by atoms with E-state index in [1.165, 1.54) is 11.1 Å². The highest BCUT2D eigenvalue weighted by Crippen LogP contribution is 2.37. The summed E-state index contributed by atoms with van der Waals surface area (Å²) >= 11 is 0. The van der Waals surface area contributed by atoms with Crippen LogP contribution < -0.4 is 0 Å². The summed E-state index contributed by atoms with van der Waals surface area (Å²) in [6.45, 7) is 4.31. The maximum atomic E-state index is 9.80. The van der Waals surface area contributed by atoms with Crippen LogP contribution in [-0.2, 0) is 0 Å². The molecule has 0 aromatic heterocycles. The second-order valence-corrected chi connectivity index (χ2v) is 4.13. The number of hydrogen-bond acceptors (Lipinski definition) is 1. The lowest BCUT2D eigenvalue weighted by Gasteiger charge is -2.26. The standard InChI is InChI=1S/C12H16O/c1-8-3-5-10-9(2)4-6-12(13)11(10)7-8/h3,5,7,9,12-13H,4,6H2,1-2H3/t9-,12-/m0/s1. The Morgan fingerprint density at radius 2 is 2.00 bits per heavy atom. The third kappa shape index (κ3) is 1.49. The Bertz CT molecular complexity index is 317. The summed E-state index contributed by atoms with van der Waals surface area (Å²) in [7, 11) is 0. The molecule has 1 aromatic carbocycles. The fraction of sp³-hybridized carbons (Fsp3) is 0.500. The van der Waals surface area contributed by atoms with Crippen LogP contribution in [0.5, 0.6) is 0 Å². The zero-order valence-electron chi connectivity index (χ0n) is 8.25. The highest BCUT2D eigenvalue weighted by atomic mass is 16.3. The van der Waals surface area contributed by atoms with Gasteiger partial charge in [0.2, 0.25) is 0 Å². The van der Waals surface area contributed by atoms with Crippen LogP contribution in [0.15, 0.2) is 18.2 Å². The largest absolute Gasteiger partial charge is 0.388 e. The lowest BCUT2D eigenvalue weighted by molar-refractivity contribution is 0.151. The molecule has 0 saturated carbocycles. The van der Waals surface area contributed by atoms with Crippen molar-refractivity contribution in [2.45, 2.75) is 38.7 Å². The summed E-state index contributed by atoms with van der Waals surface area (Å²) in [6, 6.07) is 6.42. The third-order valence-corrected chi connectivity index (χ3v) is 3.01. The van der Waals surface area contributed by atoms with Gasteiger partial charge in [0, 0.05) is 0 Å². The predicted molar refractivity (Wildman–Crippen MR) is 53.8 cm³/mol. The molecule has 70 valence electrons. The Labute approximate surface area is 79.4 Å². The molecule has 0 radical (unpaired) electrons. The Morgan fingerprint density at radius 1 is 1.23 bits per heavy atom. The van der Waals surface area contributed by atoms with E-state index in [2.05, 4.69) is 32.0 Å². The molecule has 1 aliphatic rings. The summed E-state index contributed by atoms with van der Waals surface area (Å²) in [5.41, 5.74) is 3.73. The molecule has 1 nitrogen and oxygen atoms in total. The molecular weight excluding hydrogens is 160 g/mol. The van der Waals surface area contributed by atoms with E-state index in [0.29, 0.717) is 5.92 Å². The monoisotopic (exact) mass is 176 g/mol. The van der Waals surface area contributed by atoms with Crippen molar-refractivity contribution in [3.63, 3.8) is 0 Å². The number of aryl methyl sites for hydroxylation is 1. The van der Waals surface area contributed by atoms with Gasteiger partial charge in [0.25, 0.3) is 0 Å². The van der Waals surface area contributed by atoms with E-state index in [-0.39, 0.29) is 6.10 Å². The van der Waals surface area contributed by atoms with Gasteiger partial charge in [-0.15, -0.1) is 0 Å². The van der Waals surface area contributed by atoms with Crippen molar-refractivity contribution in [2.75, 3.05) is 0 Å². The van der Waals surface area contributed by atoms with Crippen LogP contribution in [0, 0.1) is 6.92 Å². The van der Waals surface area contributed by atoms with Crippen molar-refractivity contribution >= 4 is 0 Å². The molecule has 0 aliphatic heterocycles. The molecule has 1 N–H and O–H groups in total. The fourth-order valence-corrected chi connectivity index (χ4v) is 2.15. The van der Waals surface area contributed by atoms with Crippen molar-refractivity contribution in [1.29, 1.82) is 0 Å². The van der Waals surface area contributed by atoms with E-state index in [4.69, 9.17) is 0 Å². The van der Waals surface area contributed by atoms with Crippen molar-refractivity contribution in [3.8, 4) is 0 Å². The topological polar surface area (TPSA) is 20.2 Å². The van der Waals surface area contributed by atoms with Gasteiger partial charge < -0.3 is 5.11 Å². The number of aliphatic hydroxyl groups is 1. The minimum Gasteiger partial charge on any atom is -0.388 e. The molecule has 0 spiro atoms. The minimum absolute atomic E-state index is 0.230. The van der Waals surface area contributed by atoms with Crippen molar-refractivity contribution in [2.24, 2.45) is 0 Å². The maximum Gasteiger partial charge on any atom is 0.0793 e. The van der Waals surface area contributed by atoms with Crippen LogP contribution >= 0.6 is 0 Å². The molecule has 0 amide bonds. The Hall–Kier alpha value is -0.820. The van der Waals surface area contributed by atoms with E-state index in [1.807, 2.05) is 0 Å². The second kappa shape index (κ2) is 3.15. The van der Waals surface area contributed by atoms with Crippen LogP contribution in [0.1, 0.15) is 48.5 Å². The van der Waals surface area contributed by atoms with Gasteiger partial charge in [-0.1, -0.05) is 30.7 Å². The molecule has 0 fully saturated rings. The normalized spacial score (nSPS) is 27.0. The molecule has 0 unspecified atom stereocenters. The van der Waals surface area contributed by atoms with Gasteiger partial charge in [-0.3, -0.25) is 0 Å². The van der Waals surface area contributed by atoms with Gasteiger partial charge >= 0.3 is 0 Å². The van der Waals surface area contributed by atoms with E-state index in [1.54, 1.807) is 0 Å². The number of hydrogen-bond donors (Lipinski definition) is 1. The van der Waals surface area contributed by atoms with Gasteiger partial charge in [-0.05, 0) is 36.8 Å². The summed E-state index contributed by atoms with van der Waals surface area (Å²) in [5.74, 6) is 0.610. The van der Waals surface area contributed by atoms with E-state index >= 15 is 0 Å². The average Bonchev–Trinajstić information content (AvgIpc) is 2.12. The van der Waals surface area contributed by atoms with Gasteiger partial charge in [0.15, 0.2) is 0 Å². The molecule has 0 heterocycles. The predicted octanol–water partition coefficient (Wildman–Crippen LogP) is 2.93. The molecular formula is C12H16O. The molecule has 0 bridgehead atoms. The molecule has 1 aliphatic carbocycles. The molecule has 0 saturated heterocycles. The number of fused-ring (bicyclic) bond motifs is 1. The van der Waals surface area contributed by atoms with Crippen LogP contribution in [0.3, 0.4) is 0 Å². The highest BCUT2D eigenvalue weighted by Gasteiger charge is 2.22. The molecule has 1 aromatic rings. The first-order valence-electron chi connectivity index (χ1n) is 4.97. The third-order valence-electron chi connectivity index (χ3n) is 3.01. The number of rotatable bonds is 0. The minimum atomic E-state index is -0.230. The van der Waals surface area contributed by atoms with Gasteiger partial charge in [-0.25, -0.2) is 0 Å². The van der Waals surface area contributed by atoms with E-state index < -0.39 is 0 Å². The second-order valence-electron chi connectivity index (χ2n) is 4.13. The lowest BCUT2D eigenvalue weighted by atomic mass is 9.82. The van der Waals surface area contributed by atoms with Crippen LogP contribution in [0.25, 0.3) is 0 Å². The SMILES string of the molecule is Cc1ccc2c(c1)[C@@H](O)CC[C@@H]2C. The van der Waals surface area contributed by atoms with E-state index in [0.717, 1.165) is 18.4 Å². The van der Waals surface area contributed by atoms with E-state index in [9.17, 15) is 5.11 Å². The zero-order chi connectivity index (χ0) is 9.42. The molecule has 1 heteroatoms. The maximum absolute atomic E-state index is 9.80. The van der Waals surface area contributed by atoms with Crippen molar-refractivity contribution in [1.82, 2.24) is 0 Å². The first-order valence-corrected chi connectivity index (χ1v) is 4.97. The van der Waals surface area contributed by atoms with Gasteiger partial charge in [0.05, 0.1) is 6.10 Å². The Morgan fingerprint density at radius 3 is 2.77 bits per heavy atom. The Balaban J connectivity index is 2.50. The van der Waals surface area contributed by atoms with Gasteiger partial charge in [-0.2, -0.15) is 0 Å². The fourth-order valence-electron chi connectivity index (χ4n) is 2.15. The summed E-state index contributed by atoms with van der Waals surface area (Å²) < 4.78 is 0. The highest BCUT2D eigenvalue weighted by molar-refractivity contribution is 5.37. The van der Waals surface area contributed by atoms with Crippen molar-refractivity contribution in [3.05, 3.63) is 34.9 Å². The average molecular weight is 176 g/mol. The van der Waals surface area contributed by atoms with Crippen LogP contribution in [-0.4, -0.2) is 5.11 Å². The molecule has 13 heavy (non-hydrogen) atoms. The zero-order valence-corrected chi connectivity index (χ0v) is 8.25. The first kappa shape index (κ1) is 8.76. The lowest BCUT2D eigenvalue weighted by Crippen LogP contribution is -2.12. The summed E-state index contributed by atoms with van der Waals surface area (Å²) in [4.78, 5) is 0.